The maximum Gasteiger partial charge on any atom is 0.219 e. The standard InChI is InChI=1S/C29H44N6O3/c1-19(22-9-7-15-34(22)3)38-25-18-24(35-16-11-20(31-2)12-17-35)32-28(33-25)26(30)21-8-6-14-29(27(21)37)13-5-4-10-23(29)36/h18-20,22,31H,4-17,30H2,1-3H3/t19-,22-,29+/m0/s1. The van der Waals surface area contributed by atoms with Gasteiger partial charge in [0, 0.05) is 43.2 Å². The summed E-state index contributed by atoms with van der Waals surface area (Å²) in [6, 6.07) is 2.75. The second kappa shape index (κ2) is 11.3. The first-order valence-electron chi connectivity index (χ1n) is 14.6. The highest BCUT2D eigenvalue weighted by molar-refractivity contribution is 6.17. The fourth-order valence-corrected chi connectivity index (χ4v) is 7.02. The molecule has 0 bridgehead atoms. The van der Waals surface area contributed by atoms with E-state index in [1.54, 1.807) is 0 Å². The van der Waals surface area contributed by atoms with Gasteiger partial charge in [0.05, 0.1) is 11.1 Å². The van der Waals surface area contributed by atoms with E-state index in [0.29, 0.717) is 60.7 Å². The van der Waals surface area contributed by atoms with Crippen LogP contribution < -0.4 is 20.7 Å². The van der Waals surface area contributed by atoms with Crippen LogP contribution >= 0.6 is 0 Å². The monoisotopic (exact) mass is 524 g/mol. The van der Waals surface area contributed by atoms with Gasteiger partial charge in [0.2, 0.25) is 5.88 Å². The quantitative estimate of drug-likeness (QED) is 0.428. The Labute approximate surface area is 226 Å². The Morgan fingerprint density at radius 3 is 2.53 bits per heavy atom. The van der Waals surface area contributed by atoms with E-state index in [0.717, 1.165) is 70.4 Å². The van der Waals surface area contributed by atoms with Crippen LogP contribution in [-0.2, 0) is 9.59 Å². The number of aromatic nitrogens is 2. The van der Waals surface area contributed by atoms with Crippen molar-refractivity contribution in [3.63, 3.8) is 0 Å². The topological polar surface area (TPSA) is 114 Å². The van der Waals surface area contributed by atoms with Crippen LogP contribution in [0.2, 0.25) is 0 Å². The molecule has 1 aromatic rings. The number of ether oxygens (including phenoxy) is 1. The second-order valence-electron chi connectivity index (χ2n) is 11.7. The molecule has 9 heteroatoms. The van der Waals surface area contributed by atoms with Gasteiger partial charge in [0.1, 0.15) is 17.7 Å². The third-order valence-electron chi connectivity index (χ3n) is 9.44. The van der Waals surface area contributed by atoms with Crippen molar-refractivity contribution in [2.45, 2.75) is 95.7 Å². The van der Waals surface area contributed by atoms with E-state index < -0.39 is 5.41 Å². The van der Waals surface area contributed by atoms with Crippen molar-refractivity contribution in [1.29, 1.82) is 0 Å². The van der Waals surface area contributed by atoms with Crippen molar-refractivity contribution >= 4 is 23.1 Å². The van der Waals surface area contributed by atoms with Gasteiger partial charge in [-0.25, -0.2) is 4.98 Å². The highest BCUT2D eigenvalue weighted by Gasteiger charge is 2.49. The summed E-state index contributed by atoms with van der Waals surface area (Å²) < 4.78 is 6.43. The van der Waals surface area contributed by atoms with Gasteiger partial charge >= 0.3 is 0 Å². The predicted molar refractivity (Wildman–Crippen MR) is 148 cm³/mol. The second-order valence-corrected chi connectivity index (χ2v) is 11.7. The van der Waals surface area contributed by atoms with Crippen LogP contribution in [0, 0.1) is 5.41 Å². The van der Waals surface area contributed by atoms with Crippen LogP contribution in [0.15, 0.2) is 11.6 Å². The van der Waals surface area contributed by atoms with Crippen molar-refractivity contribution in [3.05, 3.63) is 17.5 Å². The lowest BCUT2D eigenvalue weighted by molar-refractivity contribution is -0.143. The summed E-state index contributed by atoms with van der Waals surface area (Å²) in [7, 11) is 4.15. The number of likely N-dealkylation sites (tertiary alicyclic amines) is 1. The van der Waals surface area contributed by atoms with Crippen LogP contribution in [0.4, 0.5) is 5.82 Å². The van der Waals surface area contributed by atoms with E-state index in [1.165, 1.54) is 0 Å². The molecule has 0 radical (unpaired) electrons. The number of nitrogens with one attached hydrogen (secondary N) is 1. The third kappa shape index (κ3) is 5.19. The van der Waals surface area contributed by atoms with Gasteiger partial charge in [-0.15, -0.1) is 0 Å². The number of ketones is 2. The van der Waals surface area contributed by atoms with Crippen molar-refractivity contribution in [1.82, 2.24) is 20.2 Å². The number of nitrogens with two attached hydrogens (primary N) is 1. The molecule has 3 heterocycles. The third-order valence-corrected chi connectivity index (χ3v) is 9.44. The molecule has 4 aliphatic rings. The number of hydrogen-bond acceptors (Lipinski definition) is 9. The first-order chi connectivity index (χ1) is 18.3. The van der Waals surface area contributed by atoms with Crippen LogP contribution in [0.5, 0.6) is 5.88 Å². The predicted octanol–water partition coefficient (Wildman–Crippen LogP) is 3.08. The molecule has 3 N–H and O–H groups in total. The number of nitrogens with zero attached hydrogens (tertiary/aromatic N) is 4. The first kappa shape index (κ1) is 27.1. The molecule has 2 saturated heterocycles. The number of likely N-dealkylation sites (N-methyl/N-ethyl adjacent to an activating group) is 1. The molecule has 5 rings (SSSR count). The van der Waals surface area contributed by atoms with Crippen LogP contribution in [0.1, 0.15) is 83.4 Å². The molecule has 38 heavy (non-hydrogen) atoms. The summed E-state index contributed by atoms with van der Waals surface area (Å²) in [5.74, 6) is 1.59. The average molecular weight is 525 g/mol. The van der Waals surface area contributed by atoms with Crippen molar-refractivity contribution in [2.75, 3.05) is 38.6 Å². The number of anilines is 1. The minimum atomic E-state index is -0.899. The lowest BCUT2D eigenvalue weighted by Crippen LogP contribution is -2.45. The van der Waals surface area contributed by atoms with Crippen molar-refractivity contribution < 1.29 is 14.3 Å². The van der Waals surface area contributed by atoms with Crippen LogP contribution in [0.25, 0.3) is 5.70 Å². The Bertz CT molecular complexity index is 1080. The zero-order valence-corrected chi connectivity index (χ0v) is 23.3. The summed E-state index contributed by atoms with van der Waals surface area (Å²) in [6.07, 6.45) is 9.11. The normalized spacial score (nSPS) is 29.7. The Balaban J connectivity index is 1.48. The molecule has 2 aliphatic heterocycles. The zero-order valence-electron chi connectivity index (χ0n) is 23.3. The first-order valence-corrected chi connectivity index (χ1v) is 14.6. The Hall–Kier alpha value is -2.52. The average Bonchev–Trinajstić information content (AvgIpc) is 3.37. The van der Waals surface area contributed by atoms with Crippen molar-refractivity contribution in [2.24, 2.45) is 11.1 Å². The van der Waals surface area contributed by atoms with E-state index in [9.17, 15) is 9.59 Å². The summed E-state index contributed by atoms with van der Waals surface area (Å²) in [5, 5.41) is 3.38. The number of piperidine rings is 1. The van der Waals surface area contributed by atoms with Gasteiger partial charge in [-0.1, -0.05) is 6.42 Å². The Morgan fingerprint density at radius 2 is 1.84 bits per heavy atom. The molecule has 0 unspecified atom stereocenters. The summed E-state index contributed by atoms with van der Waals surface area (Å²) in [4.78, 5) is 41.0. The number of Topliss-reactive ketones (excluding diaryl/α,β-unsaturated/α-hetero) is 2. The Kier molecular flexibility index (Phi) is 8.05. The molecule has 2 aliphatic carbocycles. The van der Waals surface area contributed by atoms with Gasteiger partial charge in [0.25, 0.3) is 0 Å². The number of carbonyl (C=O) groups excluding carboxylic acids is 2. The van der Waals surface area contributed by atoms with Crippen molar-refractivity contribution in [3.8, 4) is 5.88 Å². The largest absolute Gasteiger partial charge is 0.473 e. The van der Waals surface area contributed by atoms with Crippen LogP contribution in [0.3, 0.4) is 0 Å². The minimum Gasteiger partial charge on any atom is -0.473 e. The highest BCUT2D eigenvalue weighted by Crippen LogP contribution is 2.45. The Morgan fingerprint density at radius 1 is 1.08 bits per heavy atom. The molecule has 0 amide bonds. The van der Waals surface area contributed by atoms with E-state index >= 15 is 0 Å². The summed E-state index contributed by atoms with van der Waals surface area (Å²) >= 11 is 0. The lowest BCUT2D eigenvalue weighted by Gasteiger charge is -2.38. The molecule has 0 aromatic carbocycles. The molecule has 4 fully saturated rings. The number of allylic oxidation sites excluding steroid dienone is 1. The molecule has 1 aromatic heterocycles. The SMILES string of the molecule is CNC1CCN(c2cc(O[C@@H](C)[C@@H]3CCCN3C)nc(C(N)=C3CCC[C@@]4(CCCCC4=O)C3=O)n2)CC1. The zero-order chi connectivity index (χ0) is 26.9. The van der Waals surface area contributed by atoms with E-state index in [-0.39, 0.29) is 17.7 Å². The van der Waals surface area contributed by atoms with Gasteiger partial charge in [0.15, 0.2) is 11.6 Å². The molecule has 9 nitrogen and oxygen atoms in total. The van der Waals surface area contributed by atoms with E-state index in [1.807, 2.05) is 13.1 Å². The number of rotatable bonds is 6. The molecular formula is C29H44N6O3. The lowest BCUT2D eigenvalue weighted by atomic mass is 9.62. The van der Waals surface area contributed by atoms with Gasteiger partial charge < -0.3 is 20.7 Å². The highest BCUT2D eigenvalue weighted by atomic mass is 16.5. The summed E-state index contributed by atoms with van der Waals surface area (Å²) in [5.41, 5.74) is 6.63. The fraction of sp³-hybridized carbons (Fsp3) is 0.724. The van der Waals surface area contributed by atoms with Gasteiger partial charge in [-0.05, 0) is 85.4 Å². The maximum atomic E-state index is 13.8. The van der Waals surface area contributed by atoms with Crippen LogP contribution in [-0.4, -0.2) is 78.4 Å². The molecule has 3 atom stereocenters. The smallest absolute Gasteiger partial charge is 0.219 e. The number of carbonyl (C=O) groups is 2. The maximum absolute atomic E-state index is 13.8. The van der Waals surface area contributed by atoms with Gasteiger partial charge in [-0.2, -0.15) is 4.98 Å². The summed E-state index contributed by atoms with van der Waals surface area (Å²) in [6.45, 7) is 4.91. The van der Waals surface area contributed by atoms with E-state index in [2.05, 4.69) is 29.1 Å². The van der Waals surface area contributed by atoms with E-state index in [4.69, 9.17) is 20.4 Å². The fourth-order valence-electron chi connectivity index (χ4n) is 7.02. The minimum absolute atomic E-state index is 0.0403. The molecular weight excluding hydrogens is 480 g/mol. The molecule has 208 valence electrons. The molecule has 1 spiro atoms. The number of hydrogen-bond donors (Lipinski definition) is 2. The molecule has 2 saturated carbocycles. The van der Waals surface area contributed by atoms with Gasteiger partial charge in [-0.3, -0.25) is 14.5 Å².